The van der Waals surface area contributed by atoms with Gasteiger partial charge in [-0.25, -0.2) is 4.79 Å². The molecule has 1 amide bonds. The molecule has 1 N–H and O–H groups in total. The van der Waals surface area contributed by atoms with Crippen LogP contribution < -0.4 is 10.2 Å². The van der Waals surface area contributed by atoms with Crippen LogP contribution in [-0.4, -0.2) is 23.1 Å². The highest BCUT2D eigenvalue weighted by molar-refractivity contribution is 7.07. The van der Waals surface area contributed by atoms with Gasteiger partial charge in [-0.15, -0.1) is 0 Å². The summed E-state index contributed by atoms with van der Waals surface area (Å²) in [5.41, 5.74) is 3.66. The molecule has 0 bridgehead atoms. The average Bonchev–Trinajstić information content (AvgIpc) is 3.09. The fraction of sp³-hybridized carbons (Fsp3) is 0.261. The van der Waals surface area contributed by atoms with Gasteiger partial charge in [0.15, 0.2) is 0 Å². The Morgan fingerprint density at radius 1 is 1.10 bits per heavy atom. The standard InChI is InChI=1S/C23H24N2O4S/c1-3-4-13-29-22(27)17-9-11-18(12-10-17)24-21(26)14-25-20(15-30-23(25)28)19-8-6-5-7-16(19)2/h5-12,15H,3-4,13-14H2,1-2H3,(H,24,26). The van der Waals surface area contributed by atoms with Crippen molar-refractivity contribution in [1.29, 1.82) is 0 Å². The van der Waals surface area contributed by atoms with E-state index in [1.807, 2.05) is 38.1 Å². The first-order valence-electron chi connectivity index (χ1n) is 9.81. The van der Waals surface area contributed by atoms with Crippen LogP contribution in [0, 0.1) is 6.92 Å². The second-order valence-electron chi connectivity index (χ2n) is 6.90. The zero-order chi connectivity index (χ0) is 21.5. The number of ether oxygens (including phenoxy) is 1. The summed E-state index contributed by atoms with van der Waals surface area (Å²) in [6, 6.07) is 14.3. The van der Waals surface area contributed by atoms with E-state index in [0.29, 0.717) is 17.9 Å². The summed E-state index contributed by atoms with van der Waals surface area (Å²) in [7, 11) is 0. The third kappa shape index (κ3) is 5.24. The van der Waals surface area contributed by atoms with Gasteiger partial charge in [0.1, 0.15) is 6.54 Å². The van der Waals surface area contributed by atoms with E-state index in [1.165, 1.54) is 4.57 Å². The molecule has 0 aliphatic rings. The minimum absolute atomic E-state index is 0.0905. The lowest BCUT2D eigenvalue weighted by molar-refractivity contribution is -0.116. The van der Waals surface area contributed by atoms with Gasteiger partial charge in [0.05, 0.1) is 17.9 Å². The van der Waals surface area contributed by atoms with Crippen molar-refractivity contribution in [3.63, 3.8) is 0 Å². The largest absolute Gasteiger partial charge is 0.462 e. The first-order valence-corrected chi connectivity index (χ1v) is 10.7. The molecule has 3 aromatic rings. The number of hydrogen-bond acceptors (Lipinski definition) is 5. The molecule has 0 aliphatic heterocycles. The van der Waals surface area contributed by atoms with Gasteiger partial charge in [0.25, 0.3) is 0 Å². The van der Waals surface area contributed by atoms with E-state index < -0.39 is 0 Å². The minimum atomic E-state index is -0.381. The van der Waals surface area contributed by atoms with E-state index in [-0.39, 0.29) is 23.3 Å². The summed E-state index contributed by atoms with van der Waals surface area (Å²) >= 11 is 1.07. The molecule has 156 valence electrons. The maximum atomic E-state index is 12.5. The zero-order valence-corrected chi connectivity index (χ0v) is 17.8. The van der Waals surface area contributed by atoms with Crippen LogP contribution in [0.5, 0.6) is 0 Å². The van der Waals surface area contributed by atoms with Crippen molar-refractivity contribution in [2.75, 3.05) is 11.9 Å². The fourth-order valence-corrected chi connectivity index (χ4v) is 3.73. The lowest BCUT2D eigenvalue weighted by Crippen LogP contribution is -2.25. The van der Waals surface area contributed by atoms with Crippen LogP contribution in [0.3, 0.4) is 0 Å². The average molecular weight is 425 g/mol. The van der Waals surface area contributed by atoms with Crippen molar-refractivity contribution in [2.45, 2.75) is 33.2 Å². The molecule has 7 heteroatoms. The number of anilines is 1. The quantitative estimate of drug-likeness (QED) is 0.427. The maximum Gasteiger partial charge on any atom is 0.338 e. The molecule has 0 spiro atoms. The lowest BCUT2D eigenvalue weighted by atomic mass is 10.1. The predicted octanol–water partition coefficient (Wildman–Crippen LogP) is 4.48. The van der Waals surface area contributed by atoms with E-state index in [1.54, 1.807) is 29.6 Å². The summed E-state index contributed by atoms with van der Waals surface area (Å²) in [5.74, 6) is -0.697. The molecule has 1 heterocycles. The predicted molar refractivity (Wildman–Crippen MR) is 119 cm³/mol. The van der Waals surface area contributed by atoms with E-state index in [4.69, 9.17) is 4.74 Å². The molecule has 0 saturated carbocycles. The Kier molecular flexibility index (Phi) is 7.19. The number of carbonyl (C=O) groups is 2. The highest BCUT2D eigenvalue weighted by Crippen LogP contribution is 2.23. The van der Waals surface area contributed by atoms with Crippen molar-refractivity contribution in [1.82, 2.24) is 4.57 Å². The Balaban J connectivity index is 1.67. The number of hydrogen-bond donors (Lipinski definition) is 1. The Morgan fingerprint density at radius 2 is 1.83 bits per heavy atom. The molecule has 2 aromatic carbocycles. The van der Waals surface area contributed by atoms with Gasteiger partial charge in [-0.3, -0.25) is 14.2 Å². The highest BCUT2D eigenvalue weighted by Gasteiger charge is 2.14. The monoisotopic (exact) mass is 424 g/mol. The van der Waals surface area contributed by atoms with Gasteiger partial charge in [-0.2, -0.15) is 0 Å². The van der Waals surface area contributed by atoms with Crippen LogP contribution in [0.1, 0.15) is 35.7 Å². The summed E-state index contributed by atoms with van der Waals surface area (Å²) in [6.07, 6.45) is 1.78. The summed E-state index contributed by atoms with van der Waals surface area (Å²) in [5, 5.41) is 4.55. The number of esters is 1. The number of nitrogens with one attached hydrogen (secondary N) is 1. The molecule has 1 aromatic heterocycles. The molecule has 6 nitrogen and oxygen atoms in total. The van der Waals surface area contributed by atoms with Crippen LogP contribution in [0.2, 0.25) is 0 Å². The number of rotatable bonds is 8. The third-order valence-electron chi connectivity index (χ3n) is 4.64. The number of thiazole rings is 1. The number of aromatic nitrogens is 1. The van der Waals surface area contributed by atoms with Gasteiger partial charge in [0, 0.05) is 16.6 Å². The number of nitrogens with zero attached hydrogens (tertiary/aromatic N) is 1. The molecule has 3 rings (SSSR count). The van der Waals surface area contributed by atoms with E-state index in [2.05, 4.69) is 5.32 Å². The lowest BCUT2D eigenvalue weighted by Gasteiger charge is -2.11. The summed E-state index contributed by atoms with van der Waals surface area (Å²) in [6.45, 7) is 4.30. The molecule has 0 fully saturated rings. The van der Waals surface area contributed by atoms with E-state index >= 15 is 0 Å². The number of aryl methyl sites for hydroxylation is 1. The Labute approximate surface area is 179 Å². The molecule has 0 aliphatic carbocycles. The molecule has 30 heavy (non-hydrogen) atoms. The Morgan fingerprint density at radius 3 is 2.53 bits per heavy atom. The minimum Gasteiger partial charge on any atom is -0.462 e. The SMILES string of the molecule is CCCCOC(=O)c1ccc(NC(=O)Cn2c(-c3ccccc3C)csc2=O)cc1. The van der Waals surface area contributed by atoms with Crippen molar-refractivity contribution >= 4 is 28.9 Å². The summed E-state index contributed by atoms with van der Waals surface area (Å²) < 4.78 is 6.65. The van der Waals surface area contributed by atoms with Gasteiger partial charge < -0.3 is 10.1 Å². The normalized spacial score (nSPS) is 10.6. The first-order chi connectivity index (χ1) is 14.5. The fourth-order valence-electron chi connectivity index (χ4n) is 2.98. The Bertz CT molecular complexity index is 1080. The van der Waals surface area contributed by atoms with E-state index in [9.17, 15) is 14.4 Å². The molecule has 0 saturated heterocycles. The Hall–Kier alpha value is -3.19. The molecule has 0 unspecified atom stereocenters. The number of unbranched alkanes of at least 4 members (excludes halogenated alkanes) is 1. The molecular formula is C23H24N2O4S. The van der Waals surface area contributed by atoms with Crippen LogP contribution in [0.25, 0.3) is 11.3 Å². The molecular weight excluding hydrogens is 400 g/mol. The maximum absolute atomic E-state index is 12.5. The number of amides is 1. The van der Waals surface area contributed by atoms with Gasteiger partial charge in [-0.05, 0) is 43.2 Å². The van der Waals surface area contributed by atoms with Crippen LogP contribution >= 0.6 is 11.3 Å². The molecule has 0 radical (unpaired) electrons. The smallest absolute Gasteiger partial charge is 0.338 e. The first kappa shape index (κ1) is 21.5. The van der Waals surface area contributed by atoms with Crippen molar-refractivity contribution in [3.05, 3.63) is 74.7 Å². The van der Waals surface area contributed by atoms with Gasteiger partial charge in [-0.1, -0.05) is 48.9 Å². The van der Waals surface area contributed by atoms with Crippen LogP contribution in [0.4, 0.5) is 5.69 Å². The third-order valence-corrected chi connectivity index (χ3v) is 5.40. The molecule has 0 atom stereocenters. The number of benzene rings is 2. The van der Waals surface area contributed by atoms with Crippen LogP contribution in [0.15, 0.2) is 58.7 Å². The van der Waals surface area contributed by atoms with Crippen molar-refractivity contribution in [3.8, 4) is 11.3 Å². The second kappa shape index (κ2) is 10.0. The van der Waals surface area contributed by atoms with Gasteiger partial charge in [0.2, 0.25) is 5.91 Å². The summed E-state index contributed by atoms with van der Waals surface area (Å²) in [4.78, 5) is 36.6. The highest BCUT2D eigenvalue weighted by atomic mass is 32.1. The second-order valence-corrected chi connectivity index (χ2v) is 7.72. The van der Waals surface area contributed by atoms with E-state index in [0.717, 1.165) is 41.0 Å². The van der Waals surface area contributed by atoms with Crippen molar-refractivity contribution < 1.29 is 14.3 Å². The van der Waals surface area contributed by atoms with Crippen LogP contribution in [-0.2, 0) is 16.1 Å². The van der Waals surface area contributed by atoms with Crippen molar-refractivity contribution in [2.24, 2.45) is 0 Å². The topological polar surface area (TPSA) is 77.4 Å². The number of carbonyl (C=O) groups excluding carboxylic acids is 2. The zero-order valence-electron chi connectivity index (χ0n) is 17.0. The van der Waals surface area contributed by atoms with Gasteiger partial charge >= 0.3 is 10.8 Å².